The van der Waals surface area contributed by atoms with E-state index < -0.39 is 32.8 Å². The first-order valence-corrected chi connectivity index (χ1v) is 7.73. The van der Waals surface area contributed by atoms with E-state index in [2.05, 4.69) is 20.7 Å². The Labute approximate surface area is 124 Å². The highest BCUT2D eigenvalue weighted by Gasteiger charge is 2.21. The number of carboxylic acid groups (broad SMARTS) is 1. The van der Waals surface area contributed by atoms with Gasteiger partial charge >= 0.3 is 5.97 Å². The molecule has 0 fully saturated rings. The number of carboxylic acids is 1. The Hall–Kier alpha value is -1.03. The molecule has 9 heteroatoms. The van der Waals surface area contributed by atoms with E-state index in [1.165, 1.54) is 13.2 Å². The highest BCUT2D eigenvalue weighted by molar-refractivity contribution is 9.10. The number of rotatable bonds is 7. The molecule has 0 saturated heterocycles. The van der Waals surface area contributed by atoms with Gasteiger partial charge in [0.15, 0.2) is 0 Å². The van der Waals surface area contributed by atoms with E-state index in [1.54, 1.807) is 0 Å². The summed E-state index contributed by atoms with van der Waals surface area (Å²) in [5, 5.41) is 8.61. The average molecular weight is 370 g/mol. The van der Waals surface area contributed by atoms with Gasteiger partial charge in [-0.05, 0) is 18.2 Å². The van der Waals surface area contributed by atoms with Gasteiger partial charge in [-0.15, -0.1) is 0 Å². The maximum Gasteiger partial charge on any atom is 0.306 e. The second-order valence-corrected chi connectivity index (χ2v) is 6.53. The van der Waals surface area contributed by atoms with E-state index in [4.69, 9.17) is 9.84 Å². The molecule has 0 amide bonds. The molecule has 0 aliphatic carbocycles. The van der Waals surface area contributed by atoms with Crippen LogP contribution < -0.4 is 4.72 Å². The number of aliphatic carboxylic acids is 1. The van der Waals surface area contributed by atoms with E-state index in [9.17, 15) is 17.6 Å². The molecule has 0 aromatic heterocycles. The van der Waals surface area contributed by atoms with E-state index in [1.807, 2.05) is 0 Å². The fraction of sp³-hybridized carbons (Fsp3) is 0.364. The summed E-state index contributed by atoms with van der Waals surface area (Å²) in [6.45, 7) is -0.263. The van der Waals surface area contributed by atoms with Crippen LogP contribution in [0, 0.1) is 5.82 Å². The largest absolute Gasteiger partial charge is 0.481 e. The van der Waals surface area contributed by atoms with Gasteiger partial charge in [-0.2, -0.15) is 0 Å². The number of ether oxygens (including phenoxy) is 1. The molecule has 1 rings (SSSR count). The van der Waals surface area contributed by atoms with Crippen molar-refractivity contribution in [3.05, 3.63) is 28.5 Å². The molecule has 0 spiro atoms. The zero-order valence-corrected chi connectivity index (χ0v) is 12.9. The topological polar surface area (TPSA) is 92.7 Å². The van der Waals surface area contributed by atoms with Crippen LogP contribution in [-0.2, 0) is 19.6 Å². The van der Waals surface area contributed by atoms with Crippen molar-refractivity contribution in [2.75, 3.05) is 13.7 Å². The second-order valence-electron chi connectivity index (χ2n) is 3.88. The SMILES string of the molecule is COC(CNS(=O)(=O)c1ccc(Br)cc1F)CC(=O)O. The van der Waals surface area contributed by atoms with Gasteiger partial charge in [0.1, 0.15) is 10.7 Å². The lowest BCUT2D eigenvalue weighted by molar-refractivity contribution is -0.139. The third-order valence-electron chi connectivity index (χ3n) is 2.42. The van der Waals surface area contributed by atoms with Gasteiger partial charge in [-0.1, -0.05) is 15.9 Å². The summed E-state index contributed by atoms with van der Waals surface area (Å²) in [6, 6.07) is 3.53. The van der Waals surface area contributed by atoms with Crippen LogP contribution in [0.25, 0.3) is 0 Å². The minimum atomic E-state index is -4.07. The number of sulfonamides is 1. The van der Waals surface area contributed by atoms with Crippen LogP contribution in [-0.4, -0.2) is 39.3 Å². The Bertz CT molecular complexity index is 592. The minimum absolute atomic E-state index is 0.263. The molecule has 20 heavy (non-hydrogen) atoms. The normalized spacial score (nSPS) is 13.2. The Morgan fingerprint density at radius 1 is 1.55 bits per heavy atom. The van der Waals surface area contributed by atoms with E-state index in [0.29, 0.717) is 4.47 Å². The van der Waals surface area contributed by atoms with E-state index in [-0.39, 0.29) is 13.0 Å². The van der Waals surface area contributed by atoms with E-state index in [0.717, 1.165) is 12.1 Å². The fourth-order valence-electron chi connectivity index (χ4n) is 1.41. The van der Waals surface area contributed by atoms with Crippen molar-refractivity contribution in [2.24, 2.45) is 0 Å². The van der Waals surface area contributed by atoms with E-state index >= 15 is 0 Å². The van der Waals surface area contributed by atoms with Crippen molar-refractivity contribution in [1.82, 2.24) is 4.72 Å². The Morgan fingerprint density at radius 3 is 2.70 bits per heavy atom. The molecular formula is C11H13BrFNO5S. The molecular weight excluding hydrogens is 357 g/mol. The van der Waals surface area contributed by atoms with Crippen LogP contribution in [0.5, 0.6) is 0 Å². The fourth-order valence-corrected chi connectivity index (χ4v) is 2.86. The molecule has 1 aromatic rings. The van der Waals surface area contributed by atoms with Gasteiger partial charge in [0.25, 0.3) is 0 Å². The number of halogens is 2. The highest BCUT2D eigenvalue weighted by Crippen LogP contribution is 2.19. The third-order valence-corrected chi connectivity index (χ3v) is 4.37. The van der Waals surface area contributed by atoms with Gasteiger partial charge < -0.3 is 9.84 Å². The Morgan fingerprint density at radius 2 is 2.20 bits per heavy atom. The summed E-state index contributed by atoms with van der Waals surface area (Å²) >= 11 is 3.02. The Balaban J connectivity index is 2.82. The van der Waals surface area contributed by atoms with Crippen molar-refractivity contribution >= 4 is 31.9 Å². The smallest absolute Gasteiger partial charge is 0.306 e. The zero-order valence-electron chi connectivity index (χ0n) is 10.5. The highest BCUT2D eigenvalue weighted by atomic mass is 79.9. The molecule has 0 heterocycles. The lowest BCUT2D eigenvalue weighted by Crippen LogP contribution is -2.34. The molecule has 0 saturated carbocycles. The molecule has 2 N–H and O–H groups in total. The molecule has 112 valence electrons. The number of carbonyl (C=O) groups is 1. The summed E-state index contributed by atoms with van der Waals surface area (Å²) in [7, 11) is -2.80. The number of benzene rings is 1. The summed E-state index contributed by atoms with van der Waals surface area (Å²) in [4.78, 5) is 10.0. The summed E-state index contributed by atoms with van der Waals surface area (Å²) in [5.74, 6) is -2.02. The molecule has 1 atom stereocenters. The zero-order chi connectivity index (χ0) is 15.3. The minimum Gasteiger partial charge on any atom is -0.481 e. The van der Waals surface area contributed by atoms with Crippen molar-refractivity contribution < 1.29 is 27.4 Å². The molecule has 1 unspecified atom stereocenters. The predicted molar refractivity (Wildman–Crippen MR) is 72.3 cm³/mol. The number of hydrogen-bond acceptors (Lipinski definition) is 4. The monoisotopic (exact) mass is 369 g/mol. The van der Waals surface area contributed by atoms with Crippen LogP contribution in [0.1, 0.15) is 6.42 Å². The molecule has 0 radical (unpaired) electrons. The van der Waals surface area contributed by atoms with Gasteiger partial charge in [0, 0.05) is 18.1 Å². The maximum atomic E-state index is 13.6. The lowest BCUT2D eigenvalue weighted by atomic mass is 10.2. The number of hydrogen-bond donors (Lipinski definition) is 2. The molecule has 0 aliphatic rings. The predicted octanol–water partition coefficient (Wildman–Crippen LogP) is 1.36. The van der Waals surface area contributed by atoms with Crippen molar-refractivity contribution in [3.63, 3.8) is 0 Å². The maximum absolute atomic E-state index is 13.6. The second kappa shape index (κ2) is 7.11. The van der Waals surface area contributed by atoms with Crippen LogP contribution in [0.15, 0.2) is 27.6 Å². The summed E-state index contributed by atoms with van der Waals surface area (Å²) in [6.07, 6.45) is -1.19. The van der Waals surface area contributed by atoms with Gasteiger partial charge in [-0.25, -0.2) is 17.5 Å². The third kappa shape index (κ3) is 4.82. The molecule has 0 aliphatic heterocycles. The summed E-state index contributed by atoms with van der Waals surface area (Å²) in [5.41, 5.74) is 0. The van der Waals surface area contributed by atoms with Crippen LogP contribution in [0.2, 0.25) is 0 Å². The van der Waals surface area contributed by atoms with Crippen LogP contribution in [0.4, 0.5) is 4.39 Å². The average Bonchev–Trinajstić information content (AvgIpc) is 2.33. The molecule has 1 aromatic carbocycles. The van der Waals surface area contributed by atoms with Gasteiger partial charge in [-0.3, -0.25) is 4.79 Å². The first kappa shape index (κ1) is 17.0. The van der Waals surface area contributed by atoms with Crippen LogP contribution in [0.3, 0.4) is 0 Å². The molecule has 0 bridgehead atoms. The quantitative estimate of drug-likeness (QED) is 0.756. The van der Waals surface area contributed by atoms with Crippen molar-refractivity contribution in [2.45, 2.75) is 17.4 Å². The Kier molecular flexibility index (Phi) is 6.06. The van der Waals surface area contributed by atoms with Crippen LogP contribution >= 0.6 is 15.9 Å². The summed E-state index contributed by atoms with van der Waals surface area (Å²) < 4.78 is 44.8. The van der Waals surface area contributed by atoms with Crippen molar-refractivity contribution in [3.8, 4) is 0 Å². The van der Waals surface area contributed by atoms with Gasteiger partial charge in [0.2, 0.25) is 10.0 Å². The first-order valence-electron chi connectivity index (χ1n) is 5.45. The standard InChI is InChI=1S/C11H13BrFNO5S/c1-19-8(5-11(15)16)6-14-20(17,18)10-3-2-7(12)4-9(10)13/h2-4,8,14H,5-6H2,1H3,(H,15,16). The van der Waals surface area contributed by atoms with Gasteiger partial charge in [0.05, 0.1) is 12.5 Å². The van der Waals surface area contributed by atoms with Crippen molar-refractivity contribution in [1.29, 1.82) is 0 Å². The lowest BCUT2D eigenvalue weighted by Gasteiger charge is -2.14. The number of nitrogens with one attached hydrogen (secondary N) is 1. The molecule has 6 nitrogen and oxygen atoms in total. The first-order chi connectivity index (χ1) is 9.26. The number of methoxy groups -OCH3 is 1.